The van der Waals surface area contributed by atoms with Crippen molar-refractivity contribution in [3.8, 4) is 5.75 Å². The molecular formula is C16H18N4O4. The lowest BCUT2D eigenvalue weighted by Crippen LogP contribution is -2.28. The first-order chi connectivity index (χ1) is 11.6. The lowest BCUT2D eigenvalue weighted by atomic mass is 9.96. The Hall–Kier alpha value is -2.90. The average Bonchev–Trinajstić information content (AvgIpc) is 2.98. The average molecular weight is 330 g/mol. The van der Waals surface area contributed by atoms with Gasteiger partial charge in [0.05, 0.1) is 12.3 Å². The van der Waals surface area contributed by atoms with Gasteiger partial charge in [-0.1, -0.05) is 23.4 Å². The van der Waals surface area contributed by atoms with E-state index in [0.717, 1.165) is 24.2 Å². The second-order valence-corrected chi connectivity index (χ2v) is 5.66. The Labute approximate surface area is 138 Å². The summed E-state index contributed by atoms with van der Waals surface area (Å²) in [6, 6.07) is 7.61. The summed E-state index contributed by atoms with van der Waals surface area (Å²) in [5.74, 6) is -0.671. The van der Waals surface area contributed by atoms with Crippen LogP contribution >= 0.6 is 0 Å². The maximum Gasteiger partial charge on any atom is 0.358 e. The Balaban J connectivity index is 1.54. The first-order valence-electron chi connectivity index (χ1n) is 7.76. The van der Waals surface area contributed by atoms with E-state index in [0.29, 0.717) is 6.54 Å². The lowest BCUT2D eigenvalue weighted by Gasteiger charge is -2.27. The molecule has 8 nitrogen and oxygen atoms in total. The third-order valence-electron chi connectivity index (χ3n) is 3.86. The molecule has 0 unspecified atom stereocenters. The van der Waals surface area contributed by atoms with Gasteiger partial charge in [-0.2, -0.15) is 0 Å². The largest absolute Gasteiger partial charge is 0.490 e. The molecule has 1 aliphatic carbocycles. The number of amides is 1. The molecule has 2 N–H and O–H groups in total. The van der Waals surface area contributed by atoms with E-state index in [2.05, 4.69) is 15.6 Å². The van der Waals surface area contributed by atoms with E-state index in [1.165, 1.54) is 17.3 Å². The number of para-hydroxylation sites is 1. The molecule has 8 heteroatoms. The lowest BCUT2D eigenvalue weighted by molar-refractivity contribution is -0.122. The van der Waals surface area contributed by atoms with Gasteiger partial charge in [0, 0.05) is 12.1 Å². The van der Waals surface area contributed by atoms with E-state index in [1.54, 1.807) is 0 Å². The molecule has 0 aliphatic heterocycles. The van der Waals surface area contributed by atoms with E-state index < -0.39 is 5.97 Å². The Bertz CT molecular complexity index is 739. The van der Waals surface area contributed by atoms with E-state index in [4.69, 9.17) is 9.84 Å². The minimum absolute atomic E-state index is 0.0913. The van der Waals surface area contributed by atoms with Gasteiger partial charge in [0.1, 0.15) is 12.3 Å². The minimum Gasteiger partial charge on any atom is -0.490 e. The summed E-state index contributed by atoms with van der Waals surface area (Å²) in [7, 11) is 0. The Morgan fingerprint density at radius 1 is 1.33 bits per heavy atom. The van der Waals surface area contributed by atoms with Gasteiger partial charge < -0.3 is 15.2 Å². The normalized spacial score (nSPS) is 14.0. The van der Waals surface area contributed by atoms with Crippen LogP contribution in [0.4, 0.5) is 0 Å². The number of aromatic nitrogens is 3. The van der Waals surface area contributed by atoms with Gasteiger partial charge in [0.15, 0.2) is 5.69 Å². The number of carboxylic acids is 1. The van der Waals surface area contributed by atoms with Gasteiger partial charge in [-0.3, -0.25) is 4.79 Å². The number of rotatable bonds is 7. The predicted molar refractivity (Wildman–Crippen MR) is 83.5 cm³/mol. The van der Waals surface area contributed by atoms with Crippen molar-refractivity contribution in [1.29, 1.82) is 0 Å². The smallest absolute Gasteiger partial charge is 0.358 e. The highest BCUT2D eigenvalue weighted by molar-refractivity contribution is 5.84. The number of nitrogens with one attached hydrogen (secondary N) is 1. The molecule has 2 aromatic rings. The zero-order chi connectivity index (χ0) is 16.9. The molecule has 3 rings (SSSR count). The van der Waals surface area contributed by atoms with Crippen LogP contribution in [0.1, 0.15) is 35.3 Å². The van der Waals surface area contributed by atoms with E-state index in [1.807, 2.05) is 24.3 Å². The fraction of sp³-hybridized carbons (Fsp3) is 0.375. The molecule has 1 aliphatic rings. The van der Waals surface area contributed by atoms with Gasteiger partial charge in [-0.05, 0) is 25.3 Å². The quantitative estimate of drug-likeness (QED) is 0.791. The third-order valence-corrected chi connectivity index (χ3v) is 3.86. The number of nitrogens with zero attached hydrogens (tertiary/aromatic N) is 3. The number of carboxylic acid groups (broad SMARTS) is 1. The molecule has 1 aromatic heterocycles. The molecule has 1 fully saturated rings. The van der Waals surface area contributed by atoms with Crippen LogP contribution in [0.5, 0.6) is 5.75 Å². The van der Waals surface area contributed by atoms with Crippen molar-refractivity contribution in [2.24, 2.45) is 0 Å². The summed E-state index contributed by atoms with van der Waals surface area (Å²) in [5, 5.41) is 18.6. The molecule has 1 saturated carbocycles. The second-order valence-electron chi connectivity index (χ2n) is 5.66. The molecule has 0 bridgehead atoms. The molecule has 24 heavy (non-hydrogen) atoms. The number of ether oxygens (including phenoxy) is 1. The van der Waals surface area contributed by atoms with Crippen LogP contribution in [0, 0.1) is 0 Å². The van der Waals surface area contributed by atoms with E-state index in [9.17, 15) is 9.59 Å². The summed E-state index contributed by atoms with van der Waals surface area (Å²) in [4.78, 5) is 22.7. The number of hydrogen-bond donors (Lipinski definition) is 2. The Kier molecular flexibility index (Phi) is 4.74. The third kappa shape index (κ3) is 3.89. The van der Waals surface area contributed by atoms with Crippen molar-refractivity contribution >= 4 is 11.9 Å². The van der Waals surface area contributed by atoms with Crippen molar-refractivity contribution in [1.82, 2.24) is 20.3 Å². The highest BCUT2D eigenvalue weighted by Gasteiger charge is 2.20. The van der Waals surface area contributed by atoms with Gasteiger partial charge in [-0.25, -0.2) is 9.48 Å². The maximum atomic E-state index is 12.0. The summed E-state index contributed by atoms with van der Waals surface area (Å²) >= 11 is 0. The van der Waals surface area contributed by atoms with Crippen LogP contribution in [0.15, 0.2) is 30.5 Å². The molecule has 0 saturated heterocycles. The molecule has 1 heterocycles. The van der Waals surface area contributed by atoms with Crippen molar-refractivity contribution < 1.29 is 19.4 Å². The topological polar surface area (TPSA) is 106 Å². The molecule has 126 valence electrons. The van der Waals surface area contributed by atoms with Crippen LogP contribution < -0.4 is 10.1 Å². The van der Waals surface area contributed by atoms with Gasteiger partial charge in [-0.15, -0.1) is 5.10 Å². The molecule has 0 atom stereocenters. The molecule has 0 radical (unpaired) electrons. The summed E-state index contributed by atoms with van der Waals surface area (Å²) in [6.07, 6.45) is 4.82. The molecule has 0 spiro atoms. The number of hydrogen-bond acceptors (Lipinski definition) is 5. The molecule has 1 aromatic carbocycles. The fourth-order valence-electron chi connectivity index (χ4n) is 2.30. The van der Waals surface area contributed by atoms with Crippen molar-refractivity contribution in [2.45, 2.75) is 38.5 Å². The minimum atomic E-state index is -1.18. The maximum absolute atomic E-state index is 12.0. The van der Waals surface area contributed by atoms with Gasteiger partial charge in [0.25, 0.3) is 0 Å². The van der Waals surface area contributed by atoms with Crippen LogP contribution in [0.25, 0.3) is 0 Å². The van der Waals surface area contributed by atoms with Gasteiger partial charge >= 0.3 is 5.97 Å². The summed E-state index contributed by atoms with van der Waals surface area (Å²) in [6.45, 7) is 0.244. The first kappa shape index (κ1) is 16.0. The number of benzene rings is 1. The summed E-state index contributed by atoms with van der Waals surface area (Å²) < 4.78 is 7.11. The van der Waals surface area contributed by atoms with Crippen LogP contribution in [-0.2, 0) is 17.9 Å². The SMILES string of the molecule is O=C(Cn1cc(C(=O)O)nn1)NCc1ccccc1OC1CCC1. The molecule has 1 amide bonds. The first-order valence-corrected chi connectivity index (χ1v) is 7.76. The zero-order valence-corrected chi connectivity index (χ0v) is 13.0. The van der Waals surface area contributed by atoms with E-state index >= 15 is 0 Å². The van der Waals surface area contributed by atoms with E-state index in [-0.39, 0.29) is 24.2 Å². The van der Waals surface area contributed by atoms with Crippen molar-refractivity contribution in [3.05, 3.63) is 41.7 Å². The van der Waals surface area contributed by atoms with Crippen molar-refractivity contribution in [3.63, 3.8) is 0 Å². The standard InChI is InChI=1S/C16H18N4O4/c21-15(10-20-9-13(16(22)23)18-19-20)17-8-11-4-1-2-7-14(11)24-12-5-3-6-12/h1-2,4,7,9,12H,3,5-6,8,10H2,(H,17,21)(H,22,23). The highest BCUT2D eigenvalue weighted by atomic mass is 16.5. The Morgan fingerprint density at radius 2 is 2.12 bits per heavy atom. The monoisotopic (exact) mass is 330 g/mol. The number of carbonyl (C=O) groups is 2. The highest BCUT2D eigenvalue weighted by Crippen LogP contribution is 2.27. The second kappa shape index (κ2) is 7.12. The van der Waals surface area contributed by atoms with Crippen molar-refractivity contribution in [2.75, 3.05) is 0 Å². The number of aromatic carboxylic acids is 1. The fourth-order valence-corrected chi connectivity index (χ4v) is 2.30. The van der Waals surface area contributed by atoms with Crippen LogP contribution in [0.2, 0.25) is 0 Å². The predicted octanol–water partition coefficient (Wildman–Crippen LogP) is 1.22. The summed E-state index contributed by atoms with van der Waals surface area (Å²) in [5.41, 5.74) is 0.713. The number of carbonyl (C=O) groups excluding carboxylic acids is 1. The molecular weight excluding hydrogens is 312 g/mol. The zero-order valence-electron chi connectivity index (χ0n) is 13.0. The van der Waals surface area contributed by atoms with Gasteiger partial charge in [0.2, 0.25) is 5.91 Å². The van der Waals surface area contributed by atoms with Crippen LogP contribution in [0.3, 0.4) is 0 Å². The Morgan fingerprint density at radius 3 is 2.79 bits per heavy atom. The van der Waals surface area contributed by atoms with Crippen LogP contribution in [-0.4, -0.2) is 38.1 Å².